The van der Waals surface area contributed by atoms with E-state index in [2.05, 4.69) is 5.32 Å². The Morgan fingerprint density at radius 2 is 1.90 bits per heavy atom. The van der Waals surface area contributed by atoms with Crippen LogP contribution in [0.3, 0.4) is 0 Å². The van der Waals surface area contributed by atoms with E-state index < -0.39 is 5.41 Å². The van der Waals surface area contributed by atoms with Crippen LogP contribution in [0.1, 0.15) is 32.3 Å². The van der Waals surface area contributed by atoms with E-state index in [-0.39, 0.29) is 5.91 Å². The van der Waals surface area contributed by atoms with Crippen molar-refractivity contribution in [3.8, 4) is 11.5 Å². The molecule has 1 amide bonds. The zero-order valence-corrected chi connectivity index (χ0v) is 12.7. The van der Waals surface area contributed by atoms with Gasteiger partial charge in [-0.15, -0.1) is 0 Å². The number of methoxy groups -OCH3 is 2. The number of benzene rings is 1. The molecule has 1 aromatic carbocycles. The third kappa shape index (κ3) is 3.06. The zero-order chi connectivity index (χ0) is 14.8. The molecule has 0 spiro atoms. The van der Waals surface area contributed by atoms with Gasteiger partial charge in [0.1, 0.15) is 0 Å². The Balaban J connectivity index is 2.16. The molecule has 0 atom stereocenters. The number of nitrogens with one attached hydrogen (secondary N) is 1. The Hall–Kier alpha value is -1.71. The van der Waals surface area contributed by atoms with Crippen LogP contribution >= 0.6 is 0 Å². The maximum absolute atomic E-state index is 12.4. The second-order valence-electron chi connectivity index (χ2n) is 5.85. The van der Waals surface area contributed by atoms with Crippen LogP contribution in [-0.2, 0) is 10.2 Å². The predicted molar refractivity (Wildman–Crippen MR) is 78.3 cm³/mol. The van der Waals surface area contributed by atoms with Crippen molar-refractivity contribution >= 4 is 5.91 Å². The van der Waals surface area contributed by atoms with Crippen molar-refractivity contribution in [3.63, 3.8) is 0 Å². The normalized spacial score (nSPS) is 14.8. The van der Waals surface area contributed by atoms with Gasteiger partial charge in [0, 0.05) is 6.54 Å². The molecule has 4 heteroatoms. The Kier molecular flexibility index (Phi) is 4.21. The van der Waals surface area contributed by atoms with Crippen LogP contribution in [0.2, 0.25) is 0 Å². The molecule has 110 valence electrons. The third-order valence-electron chi connectivity index (χ3n) is 3.92. The van der Waals surface area contributed by atoms with E-state index in [0.717, 1.165) is 12.1 Å². The molecule has 4 nitrogen and oxygen atoms in total. The maximum Gasteiger partial charge on any atom is 0.230 e. The largest absolute Gasteiger partial charge is 0.493 e. The maximum atomic E-state index is 12.4. The molecule has 1 aliphatic carbocycles. The van der Waals surface area contributed by atoms with Crippen LogP contribution in [0, 0.1) is 5.92 Å². The number of hydrogen-bond donors (Lipinski definition) is 1. The first-order valence-corrected chi connectivity index (χ1v) is 7.00. The van der Waals surface area contributed by atoms with Gasteiger partial charge in [-0.05, 0) is 50.3 Å². The fourth-order valence-corrected chi connectivity index (χ4v) is 2.14. The van der Waals surface area contributed by atoms with Gasteiger partial charge in [-0.3, -0.25) is 4.79 Å². The summed E-state index contributed by atoms with van der Waals surface area (Å²) in [4.78, 5) is 12.4. The molecule has 20 heavy (non-hydrogen) atoms. The van der Waals surface area contributed by atoms with Gasteiger partial charge in [-0.2, -0.15) is 0 Å². The molecule has 0 bridgehead atoms. The molecule has 0 aromatic heterocycles. The van der Waals surface area contributed by atoms with E-state index in [1.165, 1.54) is 12.8 Å². The Morgan fingerprint density at radius 1 is 1.25 bits per heavy atom. The second-order valence-corrected chi connectivity index (χ2v) is 5.85. The van der Waals surface area contributed by atoms with Crippen LogP contribution in [0.15, 0.2) is 18.2 Å². The summed E-state index contributed by atoms with van der Waals surface area (Å²) >= 11 is 0. The minimum absolute atomic E-state index is 0.0524. The van der Waals surface area contributed by atoms with Crippen molar-refractivity contribution in [2.75, 3.05) is 20.8 Å². The van der Waals surface area contributed by atoms with Crippen molar-refractivity contribution < 1.29 is 14.3 Å². The number of hydrogen-bond acceptors (Lipinski definition) is 3. The summed E-state index contributed by atoms with van der Waals surface area (Å²) in [5.74, 6) is 2.05. The quantitative estimate of drug-likeness (QED) is 0.869. The van der Waals surface area contributed by atoms with Crippen LogP contribution in [0.4, 0.5) is 0 Å². The summed E-state index contributed by atoms with van der Waals surface area (Å²) in [5.41, 5.74) is 0.331. The minimum Gasteiger partial charge on any atom is -0.493 e. The summed E-state index contributed by atoms with van der Waals surface area (Å²) in [7, 11) is 3.20. The highest BCUT2D eigenvalue weighted by molar-refractivity contribution is 5.87. The lowest BCUT2D eigenvalue weighted by Gasteiger charge is -2.25. The first-order valence-electron chi connectivity index (χ1n) is 7.00. The van der Waals surface area contributed by atoms with Gasteiger partial charge in [-0.1, -0.05) is 6.07 Å². The average Bonchev–Trinajstić information content (AvgIpc) is 3.27. The first kappa shape index (κ1) is 14.7. The van der Waals surface area contributed by atoms with Crippen LogP contribution in [-0.4, -0.2) is 26.7 Å². The number of carbonyl (C=O) groups is 1. The molecule has 1 aliphatic rings. The number of amides is 1. The van der Waals surface area contributed by atoms with Gasteiger partial charge < -0.3 is 14.8 Å². The minimum atomic E-state index is -0.589. The smallest absolute Gasteiger partial charge is 0.230 e. The number of ether oxygens (including phenoxy) is 2. The Labute approximate surface area is 120 Å². The molecule has 0 unspecified atom stereocenters. The molecule has 0 aliphatic heterocycles. The van der Waals surface area contributed by atoms with Gasteiger partial charge in [0.25, 0.3) is 0 Å². The van der Waals surface area contributed by atoms with Gasteiger partial charge in [-0.25, -0.2) is 0 Å². The molecular formula is C16H23NO3. The topological polar surface area (TPSA) is 47.6 Å². The highest BCUT2D eigenvalue weighted by Gasteiger charge is 2.32. The van der Waals surface area contributed by atoms with E-state index >= 15 is 0 Å². The summed E-state index contributed by atoms with van der Waals surface area (Å²) in [5, 5.41) is 3.04. The fourth-order valence-electron chi connectivity index (χ4n) is 2.14. The van der Waals surface area contributed by atoms with E-state index in [9.17, 15) is 4.79 Å². The van der Waals surface area contributed by atoms with Crippen molar-refractivity contribution in [3.05, 3.63) is 23.8 Å². The lowest BCUT2D eigenvalue weighted by molar-refractivity contribution is -0.125. The van der Waals surface area contributed by atoms with E-state index in [1.807, 2.05) is 32.0 Å². The molecule has 1 saturated carbocycles. The van der Waals surface area contributed by atoms with Crippen molar-refractivity contribution in [2.24, 2.45) is 5.92 Å². The zero-order valence-electron chi connectivity index (χ0n) is 12.7. The van der Waals surface area contributed by atoms with Crippen molar-refractivity contribution in [1.29, 1.82) is 0 Å². The molecule has 0 radical (unpaired) electrons. The first-order chi connectivity index (χ1) is 9.48. The number of carbonyl (C=O) groups excluding carboxylic acids is 1. The van der Waals surface area contributed by atoms with Crippen LogP contribution in [0.25, 0.3) is 0 Å². The molecule has 1 fully saturated rings. The molecule has 1 aromatic rings. The average molecular weight is 277 g/mol. The SMILES string of the molecule is COc1ccc(C(C)(C)C(=O)NCC2CC2)cc1OC. The Bertz CT molecular complexity index is 492. The van der Waals surface area contributed by atoms with Gasteiger partial charge in [0.05, 0.1) is 19.6 Å². The van der Waals surface area contributed by atoms with E-state index in [4.69, 9.17) is 9.47 Å². The van der Waals surface area contributed by atoms with Gasteiger partial charge in [0.15, 0.2) is 11.5 Å². The van der Waals surface area contributed by atoms with Crippen LogP contribution in [0.5, 0.6) is 11.5 Å². The lowest BCUT2D eigenvalue weighted by Crippen LogP contribution is -2.40. The standard InChI is InChI=1S/C16H23NO3/c1-16(2,15(18)17-10-11-5-6-11)12-7-8-13(19-3)14(9-12)20-4/h7-9,11H,5-6,10H2,1-4H3,(H,17,18). The molecule has 1 N–H and O–H groups in total. The Morgan fingerprint density at radius 3 is 2.45 bits per heavy atom. The lowest BCUT2D eigenvalue weighted by atomic mass is 9.83. The third-order valence-corrected chi connectivity index (χ3v) is 3.92. The molecule has 0 heterocycles. The van der Waals surface area contributed by atoms with Crippen molar-refractivity contribution in [1.82, 2.24) is 5.32 Å². The van der Waals surface area contributed by atoms with Crippen LogP contribution < -0.4 is 14.8 Å². The summed E-state index contributed by atoms with van der Waals surface area (Å²) in [6, 6.07) is 5.62. The predicted octanol–water partition coefficient (Wildman–Crippen LogP) is 2.51. The second kappa shape index (κ2) is 5.73. The summed E-state index contributed by atoms with van der Waals surface area (Å²) in [6.07, 6.45) is 2.47. The number of rotatable bonds is 6. The molecule has 0 saturated heterocycles. The van der Waals surface area contributed by atoms with Gasteiger partial charge >= 0.3 is 0 Å². The van der Waals surface area contributed by atoms with E-state index in [1.54, 1.807) is 14.2 Å². The fraction of sp³-hybridized carbons (Fsp3) is 0.562. The highest BCUT2D eigenvalue weighted by atomic mass is 16.5. The highest BCUT2D eigenvalue weighted by Crippen LogP contribution is 2.33. The summed E-state index contributed by atoms with van der Waals surface area (Å²) in [6.45, 7) is 4.64. The summed E-state index contributed by atoms with van der Waals surface area (Å²) < 4.78 is 10.5. The van der Waals surface area contributed by atoms with E-state index in [0.29, 0.717) is 17.4 Å². The molecular weight excluding hydrogens is 254 g/mol. The van der Waals surface area contributed by atoms with Gasteiger partial charge in [0.2, 0.25) is 5.91 Å². The van der Waals surface area contributed by atoms with Crippen molar-refractivity contribution in [2.45, 2.75) is 32.1 Å². The molecule has 2 rings (SSSR count). The monoisotopic (exact) mass is 277 g/mol.